The van der Waals surface area contributed by atoms with Crippen LogP contribution in [0.1, 0.15) is 18.6 Å². The van der Waals surface area contributed by atoms with E-state index in [2.05, 4.69) is 51.9 Å². The molecule has 4 nitrogen and oxygen atoms in total. The molecule has 1 aromatic carbocycles. The van der Waals surface area contributed by atoms with Crippen molar-refractivity contribution in [3.05, 3.63) is 48.0 Å². The molecule has 0 aliphatic rings. The van der Waals surface area contributed by atoms with Crippen molar-refractivity contribution < 1.29 is 0 Å². The predicted molar refractivity (Wildman–Crippen MR) is 85.7 cm³/mol. The first-order chi connectivity index (χ1) is 10.3. The molecule has 0 spiro atoms. The molecule has 0 radical (unpaired) electrons. The number of nitrogens with zero attached hydrogens (tertiary/aromatic N) is 4. The van der Waals surface area contributed by atoms with Crippen LogP contribution in [0.25, 0.3) is 26.3 Å². The highest BCUT2D eigenvalue weighted by molar-refractivity contribution is 7.22. The maximum absolute atomic E-state index is 4.73. The highest BCUT2D eigenvalue weighted by Gasteiger charge is 2.14. The lowest BCUT2D eigenvalue weighted by Gasteiger charge is -2.01. The minimum absolute atomic E-state index is 0.852. The van der Waals surface area contributed by atoms with Crippen LogP contribution in [-0.4, -0.2) is 19.6 Å². The van der Waals surface area contributed by atoms with Crippen LogP contribution in [0.2, 0.25) is 0 Å². The van der Waals surface area contributed by atoms with Crippen molar-refractivity contribution in [2.24, 2.45) is 0 Å². The molecule has 3 aromatic heterocycles. The van der Waals surface area contributed by atoms with Crippen LogP contribution in [-0.2, 0) is 6.42 Å². The van der Waals surface area contributed by atoms with Gasteiger partial charge in [0.05, 0.1) is 5.39 Å². The standard InChI is InChI=1S/C16H14N4S/c1-3-14-18-19-15-12-9-13(11-7-5-4-6-8-11)21-16(12)17-10(2)20(14)15/h4-9H,3H2,1-2H3. The number of hydrogen-bond donors (Lipinski definition) is 0. The summed E-state index contributed by atoms with van der Waals surface area (Å²) in [5.74, 6) is 1.91. The van der Waals surface area contributed by atoms with Gasteiger partial charge in [-0.05, 0) is 18.6 Å². The summed E-state index contributed by atoms with van der Waals surface area (Å²) in [6.45, 7) is 4.10. The molecule has 104 valence electrons. The lowest BCUT2D eigenvalue weighted by Crippen LogP contribution is -1.99. The molecule has 3 heterocycles. The lowest BCUT2D eigenvalue weighted by atomic mass is 10.2. The third-order valence-corrected chi connectivity index (χ3v) is 4.72. The second kappa shape index (κ2) is 4.63. The molecule has 0 atom stereocenters. The largest absolute Gasteiger partial charge is 0.266 e. The average molecular weight is 294 g/mol. The van der Waals surface area contributed by atoms with E-state index in [4.69, 9.17) is 4.98 Å². The minimum atomic E-state index is 0.852. The number of aryl methyl sites for hydroxylation is 2. The molecule has 0 unspecified atom stereocenters. The first kappa shape index (κ1) is 12.5. The molecule has 0 saturated carbocycles. The first-order valence-electron chi connectivity index (χ1n) is 6.97. The summed E-state index contributed by atoms with van der Waals surface area (Å²) in [7, 11) is 0. The zero-order valence-electron chi connectivity index (χ0n) is 11.9. The molecular formula is C16H14N4S. The van der Waals surface area contributed by atoms with Crippen LogP contribution in [0.4, 0.5) is 0 Å². The number of aromatic nitrogens is 4. The van der Waals surface area contributed by atoms with E-state index >= 15 is 0 Å². The van der Waals surface area contributed by atoms with Crippen molar-refractivity contribution in [3.8, 4) is 10.4 Å². The topological polar surface area (TPSA) is 43.1 Å². The van der Waals surface area contributed by atoms with E-state index in [-0.39, 0.29) is 0 Å². The van der Waals surface area contributed by atoms with Crippen molar-refractivity contribution in [3.63, 3.8) is 0 Å². The summed E-state index contributed by atoms with van der Waals surface area (Å²) in [5, 5.41) is 9.73. The van der Waals surface area contributed by atoms with E-state index in [9.17, 15) is 0 Å². The Morgan fingerprint density at radius 2 is 1.95 bits per heavy atom. The maximum atomic E-state index is 4.73. The van der Waals surface area contributed by atoms with Crippen molar-refractivity contribution in [2.45, 2.75) is 20.3 Å². The van der Waals surface area contributed by atoms with Crippen LogP contribution in [0.5, 0.6) is 0 Å². The van der Waals surface area contributed by atoms with E-state index in [1.54, 1.807) is 11.3 Å². The quantitative estimate of drug-likeness (QED) is 0.563. The fourth-order valence-electron chi connectivity index (χ4n) is 2.63. The van der Waals surface area contributed by atoms with Crippen LogP contribution in [0.3, 0.4) is 0 Å². The molecule has 0 amide bonds. The van der Waals surface area contributed by atoms with Crippen LogP contribution in [0, 0.1) is 6.92 Å². The fourth-order valence-corrected chi connectivity index (χ4v) is 3.70. The van der Waals surface area contributed by atoms with E-state index in [0.717, 1.165) is 33.9 Å². The van der Waals surface area contributed by atoms with Gasteiger partial charge in [0.2, 0.25) is 0 Å². The SMILES string of the molecule is CCc1nnc2c3cc(-c4ccccc4)sc3nc(C)n12. The first-order valence-corrected chi connectivity index (χ1v) is 7.79. The summed E-state index contributed by atoms with van der Waals surface area (Å²) < 4.78 is 2.06. The van der Waals surface area contributed by atoms with Crippen LogP contribution < -0.4 is 0 Å². The predicted octanol–water partition coefficient (Wildman–Crippen LogP) is 3.88. The fraction of sp³-hybridized carbons (Fsp3) is 0.188. The van der Waals surface area contributed by atoms with Gasteiger partial charge in [-0.25, -0.2) is 4.98 Å². The molecule has 4 rings (SSSR count). The third kappa shape index (κ3) is 1.85. The van der Waals surface area contributed by atoms with Gasteiger partial charge >= 0.3 is 0 Å². The Hall–Kier alpha value is -2.27. The Morgan fingerprint density at radius 3 is 2.71 bits per heavy atom. The average Bonchev–Trinajstić information content (AvgIpc) is 3.11. The Kier molecular flexibility index (Phi) is 2.75. The van der Waals surface area contributed by atoms with E-state index in [1.165, 1.54) is 10.4 Å². The van der Waals surface area contributed by atoms with Crippen molar-refractivity contribution >= 4 is 27.2 Å². The van der Waals surface area contributed by atoms with E-state index < -0.39 is 0 Å². The van der Waals surface area contributed by atoms with Crippen molar-refractivity contribution in [1.29, 1.82) is 0 Å². The van der Waals surface area contributed by atoms with Gasteiger partial charge in [-0.15, -0.1) is 21.5 Å². The van der Waals surface area contributed by atoms with Crippen LogP contribution >= 0.6 is 11.3 Å². The van der Waals surface area contributed by atoms with Gasteiger partial charge in [-0.3, -0.25) is 4.40 Å². The van der Waals surface area contributed by atoms with Crippen molar-refractivity contribution in [1.82, 2.24) is 19.6 Å². The van der Waals surface area contributed by atoms with Gasteiger partial charge in [0.1, 0.15) is 16.5 Å². The smallest absolute Gasteiger partial charge is 0.172 e. The summed E-state index contributed by atoms with van der Waals surface area (Å²) in [6, 6.07) is 12.6. The van der Waals surface area contributed by atoms with Gasteiger partial charge in [-0.1, -0.05) is 37.3 Å². The highest BCUT2D eigenvalue weighted by atomic mass is 32.1. The molecular weight excluding hydrogens is 280 g/mol. The third-order valence-electron chi connectivity index (χ3n) is 3.64. The normalized spacial score (nSPS) is 11.5. The molecule has 0 aliphatic heterocycles. The molecule has 0 N–H and O–H groups in total. The minimum Gasteiger partial charge on any atom is -0.266 e. The van der Waals surface area contributed by atoms with Gasteiger partial charge in [-0.2, -0.15) is 0 Å². The Labute approximate surface area is 126 Å². The van der Waals surface area contributed by atoms with Crippen molar-refractivity contribution in [2.75, 3.05) is 0 Å². The summed E-state index contributed by atoms with van der Waals surface area (Å²) in [6.07, 6.45) is 0.852. The Bertz CT molecular complexity index is 937. The second-order valence-electron chi connectivity index (χ2n) is 4.98. The number of rotatable bonds is 2. The molecule has 5 heteroatoms. The molecule has 21 heavy (non-hydrogen) atoms. The van der Waals surface area contributed by atoms with E-state index in [1.807, 2.05) is 13.0 Å². The molecule has 0 aliphatic carbocycles. The summed E-state index contributed by atoms with van der Waals surface area (Å²) in [4.78, 5) is 6.97. The zero-order valence-corrected chi connectivity index (χ0v) is 12.7. The molecule has 4 aromatic rings. The number of hydrogen-bond acceptors (Lipinski definition) is 4. The van der Waals surface area contributed by atoms with Gasteiger partial charge < -0.3 is 0 Å². The maximum Gasteiger partial charge on any atom is 0.172 e. The number of fused-ring (bicyclic) bond motifs is 3. The van der Waals surface area contributed by atoms with Gasteiger partial charge in [0.25, 0.3) is 0 Å². The summed E-state index contributed by atoms with van der Waals surface area (Å²) >= 11 is 1.70. The number of thiophene rings is 1. The summed E-state index contributed by atoms with van der Waals surface area (Å²) in [5.41, 5.74) is 2.12. The van der Waals surface area contributed by atoms with Gasteiger partial charge in [0.15, 0.2) is 5.65 Å². The Morgan fingerprint density at radius 1 is 1.14 bits per heavy atom. The molecule has 0 fully saturated rings. The molecule has 0 saturated heterocycles. The lowest BCUT2D eigenvalue weighted by molar-refractivity contribution is 0.873. The number of benzene rings is 1. The van der Waals surface area contributed by atoms with Crippen LogP contribution in [0.15, 0.2) is 36.4 Å². The monoisotopic (exact) mass is 294 g/mol. The highest BCUT2D eigenvalue weighted by Crippen LogP contribution is 2.34. The molecule has 0 bridgehead atoms. The second-order valence-corrected chi connectivity index (χ2v) is 6.01. The zero-order chi connectivity index (χ0) is 14.4. The Balaban J connectivity index is 2.04. The van der Waals surface area contributed by atoms with Gasteiger partial charge in [0, 0.05) is 11.3 Å². The van der Waals surface area contributed by atoms with E-state index in [0.29, 0.717) is 0 Å².